The number of rotatable bonds is 4. The SMILES string of the molecule is Cc1ccc(C(C)NC(=O)C(S)C(C)C)cc1F. The molecule has 0 bridgehead atoms. The van der Waals surface area contributed by atoms with Crippen LogP contribution in [0.2, 0.25) is 0 Å². The lowest BCUT2D eigenvalue weighted by molar-refractivity contribution is -0.121. The lowest BCUT2D eigenvalue weighted by Crippen LogP contribution is -2.36. The van der Waals surface area contributed by atoms with E-state index >= 15 is 0 Å². The lowest BCUT2D eigenvalue weighted by Gasteiger charge is -2.19. The second-order valence-corrected chi connectivity index (χ2v) is 5.48. The van der Waals surface area contributed by atoms with Crippen LogP contribution in [0, 0.1) is 18.7 Å². The Hall–Kier alpha value is -1.03. The third kappa shape index (κ3) is 3.73. The number of nitrogens with one attached hydrogen (secondary N) is 1. The summed E-state index contributed by atoms with van der Waals surface area (Å²) in [4.78, 5) is 11.8. The molecule has 0 aliphatic carbocycles. The summed E-state index contributed by atoms with van der Waals surface area (Å²) in [6.07, 6.45) is 0. The summed E-state index contributed by atoms with van der Waals surface area (Å²) in [6.45, 7) is 7.43. The first-order valence-electron chi connectivity index (χ1n) is 6.07. The number of halogens is 1. The molecule has 1 N–H and O–H groups in total. The van der Waals surface area contributed by atoms with Crippen molar-refractivity contribution in [3.8, 4) is 0 Å². The van der Waals surface area contributed by atoms with E-state index in [2.05, 4.69) is 17.9 Å². The molecular formula is C14H20FNOS. The molecule has 100 valence electrons. The highest BCUT2D eigenvalue weighted by atomic mass is 32.1. The minimum atomic E-state index is -0.345. The molecule has 4 heteroatoms. The first kappa shape index (κ1) is 15.0. The van der Waals surface area contributed by atoms with E-state index in [0.717, 1.165) is 5.56 Å². The van der Waals surface area contributed by atoms with Crippen LogP contribution < -0.4 is 5.32 Å². The third-order valence-corrected chi connectivity index (χ3v) is 3.79. The molecule has 1 rings (SSSR count). The van der Waals surface area contributed by atoms with Crippen molar-refractivity contribution in [2.75, 3.05) is 0 Å². The molecule has 1 amide bonds. The van der Waals surface area contributed by atoms with Crippen molar-refractivity contribution < 1.29 is 9.18 Å². The molecule has 2 unspecified atom stereocenters. The Morgan fingerprint density at radius 3 is 2.44 bits per heavy atom. The molecular weight excluding hydrogens is 249 g/mol. The van der Waals surface area contributed by atoms with Gasteiger partial charge in [-0.05, 0) is 37.0 Å². The molecule has 0 aliphatic rings. The van der Waals surface area contributed by atoms with Crippen LogP contribution in [0.1, 0.15) is 37.9 Å². The second kappa shape index (κ2) is 6.23. The van der Waals surface area contributed by atoms with Crippen molar-refractivity contribution in [2.45, 2.75) is 39.0 Å². The van der Waals surface area contributed by atoms with Crippen molar-refractivity contribution in [2.24, 2.45) is 5.92 Å². The summed E-state index contributed by atoms with van der Waals surface area (Å²) in [6, 6.07) is 4.78. The summed E-state index contributed by atoms with van der Waals surface area (Å²) >= 11 is 4.26. The molecule has 0 radical (unpaired) electrons. The number of amides is 1. The maximum Gasteiger partial charge on any atom is 0.233 e. The standard InChI is InChI=1S/C14H20FNOS/c1-8(2)13(18)14(17)16-10(4)11-6-5-9(3)12(15)7-11/h5-8,10,13,18H,1-4H3,(H,16,17). The first-order valence-corrected chi connectivity index (χ1v) is 6.59. The highest BCUT2D eigenvalue weighted by molar-refractivity contribution is 7.81. The molecule has 0 saturated heterocycles. The predicted octanol–water partition coefficient (Wildman–Crippen LogP) is 3.27. The quantitative estimate of drug-likeness (QED) is 0.807. The number of thiol groups is 1. The Morgan fingerprint density at radius 1 is 1.33 bits per heavy atom. The maximum absolute atomic E-state index is 13.4. The van der Waals surface area contributed by atoms with Gasteiger partial charge in [-0.3, -0.25) is 4.79 Å². The number of hydrogen-bond acceptors (Lipinski definition) is 2. The Morgan fingerprint density at radius 2 is 1.94 bits per heavy atom. The third-order valence-electron chi connectivity index (χ3n) is 2.95. The highest BCUT2D eigenvalue weighted by Gasteiger charge is 2.20. The monoisotopic (exact) mass is 269 g/mol. The van der Waals surface area contributed by atoms with E-state index in [-0.39, 0.29) is 28.9 Å². The number of carbonyl (C=O) groups is 1. The second-order valence-electron chi connectivity index (χ2n) is 4.93. The van der Waals surface area contributed by atoms with Gasteiger partial charge in [0.2, 0.25) is 5.91 Å². The van der Waals surface area contributed by atoms with E-state index < -0.39 is 0 Å². The highest BCUT2D eigenvalue weighted by Crippen LogP contribution is 2.17. The largest absolute Gasteiger partial charge is 0.349 e. The smallest absolute Gasteiger partial charge is 0.233 e. The molecule has 2 atom stereocenters. The molecule has 0 fully saturated rings. The van der Waals surface area contributed by atoms with E-state index in [0.29, 0.717) is 5.56 Å². The van der Waals surface area contributed by atoms with Gasteiger partial charge in [0.25, 0.3) is 0 Å². The van der Waals surface area contributed by atoms with Crippen molar-refractivity contribution in [1.82, 2.24) is 5.32 Å². The van der Waals surface area contributed by atoms with E-state index in [4.69, 9.17) is 0 Å². The van der Waals surface area contributed by atoms with Gasteiger partial charge in [0.1, 0.15) is 5.82 Å². The van der Waals surface area contributed by atoms with Crippen LogP contribution >= 0.6 is 12.6 Å². The summed E-state index contributed by atoms with van der Waals surface area (Å²) in [5.41, 5.74) is 1.36. The number of aryl methyl sites for hydroxylation is 1. The molecule has 2 nitrogen and oxygen atoms in total. The lowest BCUT2D eigenvalue weighted by atomic mass is 10.0. The van der Waals surface area contributed by atoms with Crippen LogP contribution in [-0.4, -0.2) is 11.2 Å². The summed E-state index contributed by atoms with van der Waals surface area (Å²) in [5.74, 6) is -0.211. The average molecular weight is 269 g/mol. The Balaban J connectivity index is 2.73. The first-order chi connectivity index (χ1) is 8.32. The van der Waals surface area contributed by atoms with Crippen LogP contribution in [-0.2, 0) is 4.79 Å². The van der Waals surface area contributed by atoms with Crippen LogP contribution in [0.5, 0.6) is 0 Å². The summed E-state index contributed by atoms with van der Waals surface area (Å²) in [5, 5.41) is 2.50. The Bertz CT molecular complexity index is 434. The molecule has 1 aromatic carbocycles. The Kier molecular flexibility index (Phi) is 5.20. The number of hydrogen-bond donors (Lipinski definition) is 2. The summed E-state index contributed by atoms with van der Waals surface area (Å²) < 4.78 is 13.4. The molecule has 0 spiro atoms. The zero-order valence-corrected chi connectivity index (χ0v) is 12.1. The summed E-state index contributed by atoms with van der Waals surface area (Å²) in [7, 11) is 0. The fourth-order valence-electron chi connectivity index (χ4n) is 1.56. The zero-order chi connectivity index (χ0) is 13.9. The molecule has 0 aliphatic heterocycles. The Labute approximate surface area is 113 Å². The van der Waals surface area contributed by atoms with Crippen LogP contribution in [0.3, 0.4) is 0 Å². The van der Waals surface area contributed by atoms with Gasteiger partial charge in [0.05, 0.1) is 11.3 Å². The van der Waals surface area contributed by atoms with Gasteiger partial charge in [0.15, 0.2) is 0 Å². The van der Waals surface area contributed by atoms with Gasteiger partial charge in [-0.25, -0.2) is 4.39 Å². The average Bonchev–Trinajstić information content (AvgIpc) is 2.31. The minimum Gasteiger partial charge on any atom is -0.349 e. The van der Waals surface area contributed by atoms with E-state index in [1.807, 2.05) is 26.8 Å². The van der Waals surface area contributed by atoms with E-state index in [1.54, 1.807) is 13.0 Å². The van der Waals surface area contributed by atoms with Gasteiger partial charge in [-0.1, -0.05) is 26.0 Å². The molecule has 1 aromatic rings. The molecule has 0 aromatic heterocycles. The minimum absolute atomic E-state index is 0.123. The maximum atomic E-state index is 13.4. The normalized spacial score (nSPS) is 14.4. The number of benzene rings is 1. The van der Waals surface area contributed by atoms with Gasteiger partial charge >= 0.3 is 0 Å². The molecule has 0 saturated carbocycles. The number of carbonyl (C=O) groups excluding carboxylic acids is 1. The van der Waals surface area contributed by atoms with Crippen LogP contribution in [0.15, 0.2) is 18.2 Å². The van der Waals surface area contributed by atoms with Crippen molar-refractivity contribution in [1.29, 1.82) is 0 Å². The molecule has 0 heterocycles. The van der Waals surface area contributed by atoms with Crippen LogP contribution in [0.25, 0.3) is 0 Å². The van der Waals surface area contributed by atoms with Gasteiger partial charge < -0.3 is 5.32 Å². The fourth-order valence-corrected chi connectivity index (χ4v) is 1.64. The zero-order valence-electron chi connectivity index (χ0n) is 11.2. The predicted molar refractivity (Wildman–Crippen MR) is 75.3 cm³/mol. The van der Waals surface area contributed by atoms with Crippen molar-refractivity contribution >= 4 is 18.5 Å². The van der Waals surface area contributed by atoms with Crippen molar-refractivity contribution in [3.05, 3.63) is 35.1 Å². The van der Waals surface area contributed by atoms with Gasteiger partial charge in [0, 0.05) is 0 Å². The van der Waals surface area contributed by atoms with Gasteiger partial charge in [-0.2, -0.15) is 12.6 Å². The van der Waals surface area contributed by atoms with E-state index in [1.165, 1.54) is 6.07 Å². The molecule has 18 heavy (non-hydrogen) atoms. The van der Waals surface area contributed by atoms with E-state index in [9.17, 15) is 9.18 Å². The topological polar surface area (TPSA) is 29.1 Å². The fraction of sp³-hybridized carbons (Fsp3) is 0.500. The van der Waals surface area contributed by atoms with Crippen LogP contribution in [0.4, 0.5) is 4.39 Å². The van der Waals surface area contributed by atoms with Crippen molar-refractivity contribution in [3.63, 3.8) is 0 Å². The van der Waals surface area contributed by atoms with Gasteiger partial charge in [-0.15, -0.1) is 0 Å².